The van der Waals surface area contributed by atoms with Crippen molar-refractivity contribution in [2.24, 2.45) is 4.99 Å². The van der Waals surface area contributed by atoms with Gasteiger partial charge in [-0.05, 0) is 30.5 Å². The zero-order chi connectivity index (χ0) is 18.0. The van der Waals surface area contributed by atoms with E-state index in [1.807, 2.05) is 18.2 Å². The molecular formula is C16H25F3IN3O2. The molecule has 2 N–H and O–H groups in total. The van der Waals surface area contributed by atoms with Crippen LogP contribution < -0.4 is 20.1 Å². The standard InChI is InChI=1S/C16H24F3N3O2.HI/c1-20-15(21-9-5-4-8-16(17,18)19)22-11-12-6-7-13(23-2)14(10-12)24-3;/h6-7,10H,4-5,8-9,11H2,1-3H3,(H2,20,21,22);1H. The first-order valence-corrected chi connectivity index (χ1v) is 7.61. The van der Waals surface area contributed by atoms with Gasteiger partial charge in [-0.15, -0.1) is 24.0 Å². The van der Waals surface area contributed by atoms with E-state index in [1.54, 1.807) is 21.3 Å². The molecule has 9 heteroatoms. The first-order chi connectivity index (χ1) is 11.4. The Balaban J connectivity index is 0.00000576. The van der Waals surface area contributed by atoms with Crippen molar-refractivity contribution in [3.63, 3.8) is 0 Å². The number of hydrogen-bond donors (Lipinski definition) is 2. The molecule has 0 unspecified atom stereocenters. The second-order valence-electron chi connectivity index (χ2n) is 5.11. The summed E-state index contributed by atoms with van der Waals surface area (Å²) in [5.41, 5.74) is 0.965. The van der Waals surface area contributed by atoms with Crippen LogP contribution in [-0.2, 0) is 6.54 Å². The zero-order valence-corrected chi connectivity index (χ0v) is 16.9. The molecule has 25 heavy (non-hydrogen) atoms. The highest BCUT2D eigenvalue weighted by Gasteiger charge is 2.25. The van der Waals surface area contributed by atoms with Crippen molar-refractivity contribution in [3.8, 4) is 11.5 Å². The van der Waals surface area contributed by atoms with Crippen molar-refractivity contribution in [2.45, 2.75) is 32.0 Å². The summed E-state index contributed by atoms with van der Waals surface area (Å²) in [6.07, 6.45) is -4.32. The summed E-state index contributed by atoms with van der Waals surface area (Å²) in [6.45, 7) is 0.935. The number of alkyl halides is 3. The molecule has 0 aliphatic heterocycles. The van der Waals surface area contributed by atoms with Crippen LogP contribution in [0.15, 0.2) is 23.2 Å². The molecule has 0 aromatic heterocycles. The largest absolute Gasteiger partial charge is 0.493 e. The minimum absolute atomic E-state index is 0. The molecule has 0 heterocycles. The second kappa shape index (κ2) is 12.0. The predicted octanol–water partition coefficient (Wildman–Crippen LogP) is 3.72. The number of nitrogens with zero attached hydrogens (tertiary/aromatic N) is 1. The Labute approximate surface area is 163 Å². The van der Waals surface area contributed by atoms with E-state index in [1.165, 1.54) is 0 Å². The van der Waals surface area contributed by atoms with Gasteiger partial charge < -0.3 is 20.1 Å². The van der Waals surface area contributed by atoms with Gasteiger partial charge in [0.2, 0.25) is 0 Å². The number of guanidine groups is 1. The van der Waals surface area contributed by atoms with Gasteiger partial charge in [-0.2, -0.15) is 13.2 Å². The molecule has 0 fully saturated rings. The van der Waals surface area contributed by atoms with Gasteiger partial charge in [-0.3, -0.25) is 4.99 Å². The van der Waals surface area contributed by atoms with E-state index < -0.39 is 12.6 Å². The lowest BCUT2D eigenvalue weighted by atomic mass is 10.2. The first-order valence-electron chi connectivity index (χ1n) is 7.61. The number of aliphatic imine (C=N–C) groups is 1. The van der Waals surface area contributed by atoms with E-state index in [2.05, 4.69) is 15.6 Å². The molecule has 0 radical (unpaired) electrons. The van der Waals surface area contributed by atoms with Crippen LogP contribution in [0, 0.1) is 0 Å². The lowest BCUT2D eigenvalue weighted by Crippen LogP contribution is -2.37. The van der Waals surface area contributed by atoms with E-state index in [0.29, 0.717) is 37.0 Å². The highest BCUT2D eigenvalue weighted by atomic mass is 127. The molecule has 0 saturated carbocycles. The fourth-order valence-corrected chi connectivity index (χ4v) is 2.05. The molecule has 0 amide bonds. The third kappa shape index (κ3) is 9.61. The minimum Gasteiger partial charge on any atom is -0.493 e. The summed E-state index contributed by atoms with van der Waals surface area (Å²) < 4.78 is 46.6. The van der Waals surface area contributed by atoms with E-state index in [-0.39, 0.29) is 30.4 Å². The molecule has 1 aromatic rings. The van der Waals surface area contributed by atoms with E-state index in [0.717, 1.165) is 5.56 Å². The Morgan fingerprint density at radius 3 is 2.32 bits per heavy atom. The number of rotatable bonds is 8. The maximum absolute atomic E-state index is 12.1. The zero-order valence-electron chi connectivity index (χ0n) is 14.6. The molecule has 0 saturated heterocycles. The van der Waals surface area contributed by atoms with Crippen molar-refractivity contribution in [1.82, 2.24) is 10.6 Å². The topological polar surface area (TPSA) is 54.9 Å². The van der Waals surface area contributed by atoms with E-state index in [4.69, 9.17) is 9.47 Å². The average Bonchev–Trinajstić information content (AvgIpc) is 2.55. The fourth-order valence-electron chi connectivity index (χ4n) is 2.05. The SMILES string of the molecule is CN=C(NCCCCC(F)(F)F)NCc1ccc(OC)c(OC)c1.I. The summed E-state index contributed by atoms with van der Waals surface area (Å²) in [5, 5.41) is 6.09. The molecule has 1 aromatic carbocycles. The van der Waals surface area contributed by atoms with Gasteiger partial charge in [0.15, 0.2) is 17.5 Å². The summed E-state index contributed by atoms with van der Waals surface area (Å²) in [7, 11) is 4.75. The van der Waals surface area contributed by atoms with Crippen LogP contribution >= 0.6 is 24.0 Å². The molecular weight excluding hydrogens is 450 g/mol. The molecule has 5 nitrogen and oxygen atoms in total. The van der Waals surface area contributed by atoms with Crippen molar-refractivity contribution < 1.29 is 22.6 Å². The quantitative estimate of drug-likeness (QED) is 0.261. The van der Waals surface area contributed by atoms with Gasteiger partial charge in [0.05, 0.1) is 14.2 Å². The monoisotopic (exact) mass is 475 g/mol. The summed E-state index contributed by atoms with van der Waals surface area (Å²) in [6, 6.07) is 5.55. The van der Waals surface area contributed by atoms with Crippen LogP contribution in [0.3, 0.4) is 0 Å². The summed E-state index contributed by atoms with van der Waals surface area (Å²) >= 11 is 0. The average molecular weight is 475 g/mol. The Bertz CT molecular complexity index is 540. The molecule has 0 spiro atoms. The van der Waals surface area contributed by atoms with Gasteiger partial charge >= 0.3 is 6.18 Å². The molecule has 0 aliphatic rings. The fraction of sp³-hybridized carbons (Fsp3) is 0.562. The summed E-state index contributed by atoms with van der Waals surface area (Å²) in [4.78, 5) is 4.04. The lowest BCUT2D eigenvalue weighted by Gasteiger charge is -2.13. The number of halogens is 4. The van der Waals surface area contributed by atoms with Crippen LogP contribution in [0.5, 0.6) is 11.5 Å². The van der Waals surface area contributed by atoms with Gasteiger partial charge in [-0.1, -0.05) is 6.07 Å². The maximum atomic E-state index is 12.1. The predicted molar refractivity (Wildman–Crippen MR) is 103 cm³/mol. The van der Waals surface area contributed by atoms with Crippen LogP contribution in [0.25, 0.3) is 0 Å². The van der Waals surface area contributed by atoms with Crippen molar-refractivity contribution in [3.05, 3.63) is 23.8 Å². The van der Waals surface area contributed by atoms with Crippen LogP contribution in [-0.4, -0.2) is 39.9 Å². The van der Waals surface area contributed by atoms with Crippen molar-refractivity contribution in [1.29, 1.82) is 0 Å². The number of benzene rings is 1. The minimum atomic E-state index is -4.09. The molecule has 0 aliphatic carbocycles. The van der Waals surface area contributed by atoms with Gasteiger partial charge in [0.1, 0.15) is 0 Å². The van der Waals surface area contributed by atoms with Crippen LogP contribution in [0.4, 0.5) is 13.2 Å². The van der Waals surface area contributed by atoms with Crippen molar-refractivity contribution in [2.75, 3.05) is 27.8 Å². The Hall–Kier alpha value is -1.39. The normalized spacial score (nSPS) is 11.5. The number of methoxy groups -OCH3 is 2. The Morgan fingerprint density at radius 2 is 1.76 bits per heavy atom. The first kappa shape index (κ1) is 23.6. The number of nitrogens with one attached hydrogen (secondary N) is 2. The van der Waals surface area contributed by atoms with E-state index >= 15 is 0 Å². The number of ether oxygens (including phenoxy) is 2. The number of hydrogen-bond acceptors (Lipinski definition) is 3. The highest BCUT2D eigenvalue weighted by Crippen LogP contribution is 2.27. The molecule has 144 valence electrons. The maximum Gasteiger partial charge on any atom is 0.389 e. The van der Waals surface area contributed by atoms with E-state index in [9.17, 15) is 13.2 Å². The Kier molecular flexibility index (Phi) is 11.4. The van der Waals surface area contributed by atoms with Crippen LogP contribution in [0.2, 0.25) is 0 Å². The Morgan fingerprint density at radius 1 is 1.08 bits per heavy atom. The number of unbranched alkanes of at least 4 members (excludes halogenated alkanes) is 1. The second-order valence-corrected chi connectivity index (χ2v) is 5.11. The third-order valence-corrected chi connectivity index (χ3v) is 3.31. The van der Waals surface area contributed by atoms with Gasteiger partial charge in [0.25, 0.3) is 0 Å². The third-order valence-electron chi connectivity index (χ3n) is 3.31. The molecule has 0 atom stereocenters. The highest BCUT2D eigenvalue weighted by molar-refractivity contribution is 14.0. The smallest absolute Gasteiger partial charge is 0.389 e. The lowest BCUT2D eigenvalue weighted by molar-refractivity contribution is -0.135. The van der Waals surface area contributed by atoms with Gasteiger partial charge in [0, 0.05) is 26.6 Å². The summed E-state index contributed by atoms with van der Waals surface area (Å²) in [5.74, 6) is 1.82. The van der Waals surface area contributed by atoms with Crippen LogP contribution in [0.1, 0.15) is 24.8 Å². The van der Waals surface area contributed by atoms with Gasteiger partial charge in [-0.25, -0.2) is 0 Å². The van der Waals surface area contributed by atoms with Crippen molar-refractivity contribution >= 4 is 29.9 Å². The molecule has 1 rings (SSSR count). The molecule has 0 bridgehead atoms.